The first-order chi connectivity index (χ1) is 8.05. The minimum absolute atomic E-state index is 0.0409. The Bertz CT molecular complexity index is 295. The first-order valence-electron chi connectivity index (χ1n) is 6.35. The van der Waals surface area contributed by atoms with Crippen molar-refractivity contribution >= 4 is 12.0 Å². The van der Waals surface area contributed by atoms with Gasteiger partial charge in [-0.1, -0.05) is 13.8 Å². The highest BCUT2D eigenvalue weighted by Crippen LogP contribution is 2.14. The predicted molar refractivity (Wildman–Crippen MR) is 71.5 cm³/mol. The molecule has 5 heteroatoms. The summed E-state index contributed by atoms with van der Waals surface area (Å²) in [6.07, 6.45) is -0.0409. The molecule has 1 unspecified atom stereocenters. The summed E-state index contributed by atoms with van der Waals surface area (Å²) in [5.74, 6) is -0.552. The van der Waals surface area contributed by atoms with Crippen molar-refractivity contribution in [3.05, 3.63) is 0 Å². The standard InChI is InChI=1S/C13H26N2O3/c1-9(2)10(3)14-12(18)15(13(4,5)6)8-7-11(16)17/h9-10H,7-8H2,1-6H3,(H,14,18)(H,16,17). The third-order valence-corrected chi connectivity index (χ3v) is 2.96. The lowest BCUT2D eigenvalue weighted by molar-refractivity contribution is -0.137. The van der Waals surface area contributed by atoms with Crippen molar-refractivity contribution in [2.75, 3.05) is 6.54 Å². The molecule has 0 aromatic heterocycles. The van der Waals surface area contributed by atoms with Crippen LogP contribution in [0.25, 0.3) is 0 Å². The Morgan fingerprint density at radius 1 is 1.22 bits per heavy atom. The topological polar surface area (TPSA) is 69.6 Å². The second-order valence-electron chi connectivity index (χ2n) is 5.95. The number of hydrogen-bond donors (Lipinski definition) is 2. The van der Waals surface area contributed by atoms with E-state index >= 15 is 0 Å². The maximum absolute atomic E-state index is 12.1. The van der Waals surface area contributed by atoms with Crippen LogP contribution >= 0.6 is 0 Å². The van der Waals surface area contributed by atoms with Gasteiger partial charge in [-0.25, -0.2) is 4.79 Å². The van der Waals surface area contributed by atoms with Gasteiger partial charge in [-0.05, 0) is 33.6 Å². The van der Waals surface area contributed by atoms with Crippen LogP contribution in [0.4, 0.5) is 4.79 Å². The van der Waals surface area contributed by atoms with E-state index in [1.54, 1.807) is 4.90 Å². The fraction of sp³-hybridized carbons (Fsp3) is 0.846. The quantitative estimate of drug-likeness (QED) is 0.795. The van der Waals surface area contributed by atoms with E-state index in [0.29, 0.717) is 5.92 Å². The summed E-state index contributed by atoms with van der Waals surface area (Å²) in [5.41, 5.74) is -0.393. The molecule has 0 aromatic rings. The number of carboxylic acids is 1. The summed E-state index contributed by atoms with van der Waals surface area (Å²) in [6.45, 7) is 11.9. The molecule has 0 bridgehead atoms. The van der Waals surface area contributed by atoms with Crippen molar-refractivity contribution in [2.45, 2.75) is 59.5 Å². The lowest BCUT2D eigenvalue weighted by Gasteiger charge is -2.36. The van der Waals surface area contributed by atoms with E-state index in [0.717, 1.165) is 0 Å². The molecule has 0 fully saturated rings. The third kappa shape index (κ3) is 5.89. The van der Waals surface area contributed by atoms with Crippen LogP contribution in [0.5, 0.6) is 0 Å². The van der Waals surface area contributed by atoms with Gasteiger partial charge < -0.3 is 15.3 Å². The Balaban J connectivity index is 4.66. The fourth-order valence-electron chi connectivity index (χ4n) is 1.39. The highest BCUT2D eigenvalue weighted by Gasteiger charge is 2.27. The fourth-order valence-corrected chi connectivity index (χ4v) is 1.39. The molecule has 106 valence electrons. The molecule has 0 aliphatic heterocycles. The molecule has 0 radical (unpaired) electrons. The minimum Gasteiger partial charge on any atom is -0.481 e. The summed E-state index contributed by atoms with van der Waals surface area (Å²) in [7, 11) is 0. The van der Waals surface area contributed by atoms with Gasteiger partial charge in [0.25, 0.3) is 0 Å². The Morgan fingerprint density at radius 3 is 2.06 bits per heavy atom. The van der Waals surface area contributed by atoms with Crippen molar-refractivity contribution in [2.24, 2.45) is 5.92 Å². The summed E-state index contributed by atoms with van der Waals surface area (Å²) in [5, 5.41) is 11.6. The monoisotopic (exact) mass is 258 g/mol. The summed E-state index contributed by atoms with van der Waals surface area (Å²) in [6, 6.07) is -0.142. The average Bonchev–Trinajstić information content (AvgIpc) is 2.14. The minimum atomic E-state index is -0.894. The molecule has 2 amide bonds. The second kappa shape index (κ2) is 6.61. The largest absolute Gasteiger partial charge is 0.481 e. The van der Waals surface area contributed by atoms with E-state index in [-0.39, 0.29) is 25.0 Å². The van der Waals surface area contributed by atoms with Crippen LogP contribution in [0, 0.1) is 5.92 Å². The van der Waals surface area contributed by atoms with Crippen LogP contribution in [-0.2, 0) is 4.79 Å². The average molecular weight is 258 g/mol. The molecule has 0 aromatic carbocycles. The van der Waals surface area contributed by atoms with Crippen LogP contribution in [-0.4, -0.2) is 40.1 Å². The maximum atomic E-state index is 12.1. The van der Waals surface area contributed by atoms with Gasteiger partial charge in [0.05, 0.1) is 6.42 Å². The Labute approximate surface area is 110 Å². The lowest BCUT2D eigenvalue weighted by atomic mass is 10.0. The highest BCUT2D eigenvalue weighted by molar-refractivity contribution is 5.76. The predicted octanol–water partition coefficient (Wildman–Crippen LogP) is 2.32. The molecule has 0 heterocycles. The van der Waals surface area contributed by atoms with Gasteiger partial charge in [-0.3, -0.25) is 4.79 Å². The molecular weight excluding hydrogens is 232 g/mol. The number of rotatable bonds is 5. The highest BCUT2D eigenvalue weighted by atomic mass is 16.4. The zero-order valence-corrected chi connectivity index (χ0v) is 12.3. The molecule has 5 nitrogen and oxygen atoms in total. The molecule has 1 atom stereocenters. The number of nitrogens with one attached hydrogen (secondary N) is 1. The van der Waals surface area contributed by atoms with E-state index in [1.807, 2.05) is 41.5 Å². The molecule has 0 aliphatic rings. The smallest absolute Gasteiger partial charge is 0.318 e. The molecule has 0 spiro atoms. The van der Waals surface area contributed by atoms with Gasteiger partial charge in [0.2, 0.25) is 0 Å². The second-order valence-corrected chi connectivity index (χ2v) is 5.95. The Morgan fingerprint density at radius 2 is 1.72 bits per heavy atom. The van der Waals surface area contributed by atoms with E-state index in [2.05, 4.69) is 5.32 Å². The van der Waals surface area contributed by atoms with E-state index < -0.39 is 11.5 Å². The number of carbonyl (C=O) groups excluding carboxylic acids is 1. The molecule has 0 saturated heterocycles. The number of urea groups is 1. The van der Waals surface area contributed by atoms with Crippen LogP contribution < -0.4 is 5.32 Å². The first kappa shape index (κ1) is 16.7. The number of nitrogens with zero attached hydrogens (tertiary/aromatic N) is 1. The summed E-state index contributed by atoms with van der Waals surface area (Å²) in [4.78, 5) is 24.3. The molecule has 2 N–H and O–H groups in total. The van der Waals surface area contributed by atoms with Crippen LogP contribution in [0.3, 0.4) is 0 Å². The molecule has 0 saturated carbocycles. The van der Waals surface area contributed by atoms with Crippen LogP contribution in [0.2, 0.25) is 0 Å². The number of hydrogen-bond acceptors (Lipinski definition) is 2. The van der Waals surface area contributed by atoms with Crippen molar-refractivity contribution in [3.63, 3.8) is 0 Å². The first-order valence-corrected chi connectivity index (χ1v) is 6.35. The molecule has 18 heavy (non-hydrogen) atoms. The SMILES string of the molecule is CC(C)C(C)NC(=O)N(CCC(=O)O)C(C)(C)C. The van der Waals surface area contributed by atoms with Gasteiger partial charge in [-0.15, -0.1) is 0 Å². The lowest BCUT2D eigenvalue weighted by Crippen LogP contribution is -2.53. The van der Waals surface area contributed by atoms with E-state index in [9.17, 15) is 9.59 Å². The number of carbonyl (C=O) groups is 2. The molecule has 0 rings (SSSR count). The Hall–Kier alpha value is -1.26. The van der Waals surface area contributed by atoms with Gasteiger partial charge in [0.15, 0.2) is 0 Å². The molecule has 0 aliphatic carbocycles. The van der Waals surface area contributed by atoms with Crippen molar-refractivity contribution < 1.29 is 14.7 Å². The van der Waals surface area contributed by atoms with Gasteiger partial charge in [-0.2, -0.15) is 0 Å². The maximum Gasteiger partial charge on any atom is 0.318 e. The van der Waals surface area contributed by atoms with Crippen molar-refractivity contribution in [1.82, 2.24) is 10.2 Å². The zero-order valence-electron chi connectivity index (χ0n) is 12.3. The van der Waals surface area contributed by atoms with Crippen molar-refractivity contribution in [3.8, 4) is 0 Å². The summed E-state index contributed by atoms with van der Waals surface area (Å²) >= 11 is 0. The van der Waals surface area contributed by atoms with E-state index in [1.165, 1.54) is 0 Å². The summed E-state index contributed by atoms with van der Waals surface area (Å²) < 4.78 is 0. The van der Waals surface area contributed by atoms with Gasteiger partial charge in [0, 0.05) is 18.1 Å². The molecular formula is C13H26N2O3. The zero-order chi connectivity index (χ0) is 14.5. The van der Waals surface area contributed by atoms with E-state index in [4.69, 9.17) is 5.11 Å². The number of amides is 2. The Kier molecular flexibility index (Phi) is 6.15. The normalized spacial score (nSPS) is 13.3. The number of aliphatic carboxylic acids is 1. The van der Waals surface area contributed by atoms with Crippen LogP contribution in [0.15, 0.2) is 0 Å². The third-order valence-electron chi connectivity index (χ3n) is 2.96. The van der Waals surface area contributed by atoms with Crippen LogP contribution in [0.1, 0.15) is 48.0 Å². The number of carboxylic acid groups (broad SMARTS) is 1. The van der Waals surface area contributed by atoms with Crippen molar-refractivity contribution in [1.29, 1.82) is 0 Å². The van der Waals surface area contributed by atoms with Gasteiger partial charge >= 0.3 is 12.0 Å². The van der Waals surface area contributed by atoms with Gasteiger partial charge in [0.1, 0.15) is 0 Å².